The molecule has 104 valence electrons. The second kappa shape index (κ2) is 5.50. The van der Waals surface area contributed by atoms with Crippen LogP contribution in [0.2, 0.25) is 0 Å². The molecule has 0 aliphatic carbocycles. The molecule has 1 aromatic carbocycles. The molecule has 2 N–H and O–H groups in total. The van der Waals surface area contributed by atoms with E-state index in [1.165, 1.54) is 0 Å². The summed E-state index contributed by atoms with van der Waals surface area (Å²) in [5, 5.41) is 2.02. The maximum absolute atomic E-state index is 6.04. The van der Waals surface area contributed by atoms with Gasteiger partial charge >= 0.3 is 0 Å². The lowest BCUT2D eigenvalue weighted by atomic mass is 10.3. The highest BCUT2D eigenvalue weighted by Gasteiger charge is 2.13. The van der Waals surface area contributed by atoms with Crippen LogP contribution in [0.5, 0.6) is 5.75 Å². The number of nitrogens with zero attached hydrogens (tertiary/aromatic N) is 3. The van der Waals surface area contributed by atoms with E-state index in [1.807, 2.05) is 33.7 Å². The van der Waals surface area contributed by atoms with E-state index in [1.54, 1.807) is 11.3 Å². The zero-order valence-electron chi connectivity index (χ0n) is 11.2. The Morgan fingerprint density at radius 3 is 3.05 bits per heavy atom. The van der Waals surface area contributed by atoms with Gasteiger partial charge in [-0.05, 0) is 18.6 Å². The molecule has 0 aliphatic heterocycles. The van der Waals surface area contributed by atoms with Crippen LogP contribution in [0.3, 0.4) is 0 Å². The second-order valence-corrected chi connectivity index (χ2v) is 5.23. The Kier molecular flexibility index (Phi) is 3.56. The monoisotopic (exact) mass is 288 g/mol. The third-order valence-electron chi connectivity index (χ3n) is 3.04. The normalized spacial score (nSPS) is 11.1. The molecule has 20 heavy (non-hydrogen) atoms. The number of rotatable bonds is 5. The lowest BCUT2D eigenvalue weighted by molar-refractivity contribution is 0.320. The van der Waals surface area contributed by atoms with Gasteiger partial charge in [-0.2, -0.15) is 0 Å². The summed E-state index contributed by atoms with van der Waals surface area (Å²) in [6.07, 6.45) is 0.964. The van der Waals surface area contributed by atoms with E-state index in [0.29, 0.717) is 19.1 Å². The molecule has 2 heterocycles. The predicted molar refractivity (Wildman–Crippen MR) is 81.1 cm³/mol. The fourth-order valence-electron chi connectivity index (χ4n) is 2.11. The smallest absolute Gasteiger partial charge is 0.201 e. The van der Waals surface area contributed by atoms with Gasteiger partial charge in [0.05, 0.1) is 29.9 Å². The quantitative estimate of drug-likeness (QED) is 0.784. The highest BCUT2D eigenvalue weighted by molar-refractivity contribution is 7.07. The van der Waals surface area contributed by atoms with Crippen molar-refractivity contribution in [3.05, 3.63) is 34.8 Å². The Hall–Kier alpha value is -2.08. The van der Waals surface area contributed by atoms with Crippen molar-refractivity contribution in [2.24, 2.45) is 0 Å². The van der Waals surface area contributed by atoms with Gasteiger partial charge in [0.15, 0.2) is 0 Å². The van der Waals surface area contributed by atoms with E-state index >= 15 is 0 Å². The average Bonchev–Trinajstić information content (AvgIpc) is 3.06. The van der Waals surface area contributed by atoms with Gasteiger partial charge in [-0.15, -0.1) is 11.3 Å². The number of ether oxygens (including phenoxy) is 1. The van der Waals surface area contributed by atoms with Crippen LogP contribution >= 0.6 is 11.3 Å². The zero-order valence-corrected chi connectivity index (χ0v) is 12.1. The van der Waals surface area contributed by atoms with Crippen molar-refractivity contribution in [2.45, 2.75) is 19.9 Å². The molecule has 3 aromatic rings. The third kappa shape index (κ3) is 2.34. The first-order valence-electron chi connectivity index (χ1n) is 6.54. The van der Waals surface area contributed by atoms with Crippen LogP contribution in [0.25, 0.3) is 11.0 Å². The summed E-state index contributed by atoms with van der Waals surface area (Å²) in [6.45, 7) is 3.39. The number of anilines is 1. The molecule has 0 radical (unpaired) electrons. The van der Waals surface area contributed by atoms with Crippen molar-refractivity contribution < 1.29 is 4.74 Å². The minimum atomic E-state index is 0.487. The van der Waals surface area contributed by atoms with Crippen LogP contribution in [0.1, 0.15) is 19.0 Å². The van der Waals surface area contributed by atoms with Crippen LogP contribution < -0.4 is 10.5 Å². The lowest BCUT2D eigenvalue weighted by Crippen LogP contribution is -2.04. The molecule has 0 spiro atoms. The lowest BCUT2D eigenvalue weighted by Gasteiger charge is -2.06. The molecule has 0 bridgehead atoms. The van der Waals surface area contributed by atoms with E-state index < -0.39 is 0 Å². The van der Waals surface area contributed by atoms with Crippen LogP contribution in [-0.4, -0.2) is 21.1 Å². The largest absolute Gasteiger partial charge is 0.491 e. The summed E-state index contributed by atoms with van der Waals surface area (Å²) in [6, 6.07) is 5.90. The number of para-hydroxylation sites is 1. The molecule has 5 nitrogen and oxygen atoms in total. The fourth-order valence-corrected chi connectivity index (χ4v) is 2.66. The van der Waals surface area contributed by atoms with Crippen molar-refractivity contribution in [1.82, 2.24) is 14.5 Å². The second-order valence-electron chi connectivity index (χ2n) is 4.51. The highest BCUT2D eigenvalue weighted by Crippen LogP contribution is 2.27. The minimum absolute atomic E-state index is 0.487. The number of imidazole rings is 1. The first-order chi connectivity index (χ1) is 9.79. The number of hydrogen-bond donors (Lipinski definition) is 1. The van der Waals surface area contributed by atoms with Gasteiger partial charge in [-0.3, -0.25) is 0 Å². The van der Waals surface area contributed by atoms with Crippen LogP contribution in [0.4, 0.5) is 5.95 Å². The summed E-state index contributed by atoms with van der Waals surface area (Å²) in [7, 11) is 0. The van der Waals surface area contributed by atoms with Crippen LogP contribution in [0.15, 0.2) is 29.1 Å². The van der Waals surface area contributed by atoms with Crippen molar-refractivity contribution in [1.29, 1.82) is 0 Å². The molecule has 2 aromatic heterocycles. The van der Waals surface area contributed by atoms with Gasteiger partial charge in [0.2, 0.25) is 5.95 Å². The van der Waals surface area contributed by atoms with Crippen LogP contribution in [-0.2, 0) is 6.54 Å². The number of aromatic nitrogens is 3. The van der Waals surface area contributed by atoms with Crippen molar-refractivity contribution in [3.8, 4) is 5.75 Å². The summed E-state index contributed by atoms with van der Waals surface area (Å²) in [5.41, 5.74) is 10.6. The van der Waals surface area contributed by atoms with Gasteiger partial charge in [-0.25, -0.2) is 9.97 Å². The molecular weight excluding hydrogens is 272 g/mol. The standard InChI is InChI=1S/C14H16N4OS/c1-2-6-19-12-5-3-4-11-13(12)17-14(15)18(11)7-10-8-20-9-16-10/h3-5,8-9H,2,6-7H2,1H3,(H2,15,17). The number of benzene rings is 1. The Balaban J connectivity index is 2.02. The molecule has 0 amide bonds. The van der Waals surface area contributed by atoms with Gasteiger partial charge in [0.25, 0.3) is 0 Å². The Morgan fingerprint density at radius 2 is 2.30 bits per heavy atom. The maximum atomic E-state index is 6.04. The number of hydrogen-bond acceptors (Lipinski definition) is 5. The van der Waals surface area contributed by atoms with E-state index in [2.05, 4.69) is 16.9 Å². The summed E-state index contributed by atoms with van der Waals surface area (Å²) in [5.74, 6) is 1.27. The molecule has 0 atom stereocenters. The summed E-state index contributed by atoms with van der Waals surface area (Å²) >= 11 is 1.58. The third-order valence-corrected chi connectivity index (χ3v) is 3.67. The van der Waals surface area contributed by atoms with Crippen molar-refractivity contribution in [3.63, 3.8) is 0 Å². The molecule has 0 aliphatic rings. The van der Waals surface area contributed by atoms with Crippen LogP contribution in [0, 0.1) is 0 Å². The Bertz CT molecular complexity index is 705. The predicted octanol–water partition coefficient (Wildman–Crippen LogP) is 2.91. The summed E-state index contributed by atoms with van der Waals surface area (Å²) < 4.78 is 7.69. The highest BCUT2D eigenvalue weighted by atomic mass is 32.1. The van der Waals surface area contributed by atoms with Gasteiger partial charge in [0.1, 0.15) is 11.3 Å². The van der Waals surface area contributed by atoms with E-state index in [-0.39, 0.29) is 0 Å². The minimum Gasteiger partial charge on any atom is -0.491 e. The zero-order chi connectivity index (χ0) is 13.9. The number of nitrogens with two attached hydrogens (primary N) is 1. The van der Waals surface area contributed by atoms with Crippen molar-refractivity contribution >= 4 is 28.3 Å². The SMILES string of the molecule is CCCOc1cccc2c1nc(N)n2Cc1cscn1. The molecular formula is C14H16N4OS. The fraction of sp³-hybridized carbons (Fsp3) is 0.286. The van der Waals surface area contributed by atoms with E-state index in [0.717, 1.165) is 28.9 Å². The molecule has 0 fully saturated rings. The number of fused-ring (bicyclic) bond motifs is 1. The molecule has 0 saturated carbocycles. The Labute approximate surface area is 121 Å². The average molecular weight is 288 g/mol. The molecule has 6 heteroatoms. The molecule has 0 saturated heterocycles. The van der Waals surface area contributed by atoms with Gasteiger partial charge < -0.3 is 15.0 Å². The number of thiazole rings is 1. The maximum Gasteiger partial charge on any atom is 0.201 e. The Morgan fingerprint density at radius 1 is 1.40 bits per heavy atom. The summed E-state index contributed by atoms with van der Waals surface area (Å²) in [4.78, 5) is 8.73. The topological polar surface area (TPSA) is 66.0 Å². The first-order valence-corrected chi connectivity index (χ1v) is 7.48. The molecule has 0 unspecified atom stereocenters. The van der Waals surface area contributed by atoms with Gasteiger partial charge in [-0.1, -0.05) is 13.0 Å². The molecule has 3 rings (SSSR count). The van der Waals surface area contributed by atoms with Gasteiger partial charge in [0, 0.05) is 5.38 Å². The number of nitrogen functional groups attached to an aromatic ring is 1. The van der Waals surface area contributed by atoms with Crippen molar-refractivity contribution in [2.75, 3.05) is 12.3 Å². The first kappa shape index (κ1) is 12.9. The van der Waals surface area contributed by atoms with E-state index in [9.17, 15) is 0 Å². The van der Waals surface area contributed by atoms with E-state index in [4.69, 9.17) is 10.5 Å².